The van der Waals surface area contributed by atoms with Gasteiger partial charge >= 0.3 is 5.97 Å². The van der Waals surface area contributed by atoms with Crippen LogP contribution in [0.4, 0.5) is 0 Å². The molecule has 0 radical (unpaired) electrons. The van der Waals surface area contributed by atoms with Crippen molar-refractivity contribution in [2.75, 3.05) is 27.0 Å². The second-order valence-electron chi connectivity index (χ2n) is 11.1. The van der Waals surface area contributed by atoms with E-state index in [0.29, 0.717) is 18.6 Å². The molecule has 1 saturated heterocycles. The van der Waals surface area contributed by atoms with Gasteiger partial charge in [0.1, 0.15) is 5.76 Å². The van der Waals surface area contributed by atoms with Crippen LogP contribution in [0.5, 0.6) is 11.5 Å². The summed E-state index contributed by atoms with van der Waals surface area (Å²) in [7, 11) is 1.63. The third-order valence-electron chi connectivity index (χ3n) is 8.07. The predicted octanol–water partition coefficient (Wildman–Crippen LogP) is 4.44. The number of benzene rings is 1. The van der Waals surface area contributed by atoms with Crippen LogP contribution in [0.15, 0.2) is 24.0 Å². The molecule has 0 bridgehead atoms. The van der Waals surface area contributed by atoms with Crippen molar-refractivity contribution in [3.05, 3.63) is 35.1 Å². The van der Waals surface area contributed by atoms with Gasteiger partial charge < -0.3 is 24.1 Å². The molecule has 8 heteroatoms. The van der Waals surface area contributed by atoms with E-state index in [9.17, 15) is 9.90 Å². The summed E-state index contributed by atoms with van der Waals surface area (Å²) in [6.45, 7) is 7.83. The highest BCUT2D eigenvalue weighted by molar-refractivity contribution is 9.10. The highest BCUT2D eigenvalue weighted by Crippen LogP contribution is 2.55. The molecule has 1 aliphatic carbocycles. The average molecular weight is 550 g/mol. The summed E-state index contributed by atoms with van der Waals surface area (Å²) in [5.41, 5.74) is 0.428. The van der Waals surface area contributed by atoms with Gasteiger partial charge in [-0.25, -0.2) is 4.79 Å². The summed E-state index contributed by atoms with van der Waals surface area (Å²) < 4.78 is 23.3. The van der Waals surface area contributed by atoms with Crippen molar-refractivity contribution in [3.8, 4) is 11.5 Å². The fourth-order valence-corrected chi connectivity index (χ4v) is 6.57. The Bertz CT molecular complexity index is 1030. The number of fused-ring (bicyclic) bond motifs is 3. The highest BCUT2D eigenvalue weighted by atomic mass is 79.9. The maximum atomic E-state index is 13.4. The van der Waals surface area contributed by atoms with E-state index in [-0.39, 0.29) is 22.6 Å². The van der Waals surface area contributed by atoms with E-state index in [1.165, 1.54) is 5.56 Å². The van der Waals surface area contributed by atoms with Crippen molar-refractivity contribution >= 4 is 21.9 Å². The summed E-state index contributed by atoms with van der Waals surface area (Å²) in [4.78, 5) is 15.9. The molecule has 3 heterocycles. The Hall–Kier alpha value is -1.77. The first-order valence-corrected chi connectivity index (χ1v) is 13.4. The van der Waals surface area contributed by atoms with Crippen molar-refractivity contribution in [2.24, 2.45) is 0 Å². The van der Waals surface area contributed by atoms with Crippen LogP contribution in [0, 0.1) is 0 Å². The number of nitrogens with zero attached hydrogens (tertiary/aromatic N) is 1. The maximum Gasteiger partial charge on any atom is 0.338 e. The fourth-order valence-electron chi connectivity index (χ4n) is 6.29. The van der Waals surface area contributed by atoms with E-state index in [1.54, 1.807) is 14.0 Å². The number of alkyl halides is 1. The summed E-state index contributed by atoms with van der Waals surface area (Å²) >= 11 is 3.63. The van der Waals surface area contributed by atoms with Crippen LogP contribution in [0.3, 0.4) is 0 Å². The summed E-state index contributed by atoms with van der Waals surface area (Å²) in [6.07, 6.45) is 6.34. The van der Waals surface area contributed by atoms with Gasteiger partial charge in [0.05, 0.1) is 18.6 Å². The number of halogens is 1. The first-order valence-electron chi connectivity index (χ1n) is 12.6. The van der Waals surface area contributed by atoms with Gasteiger partial charge in [0.15, 0.2) is 23.2 Å². The number of carbonyl (C=O) groups excluding carboxylic acids is 1. The molecule has 1 aromatic rings. The number of hydrogen-bond acceptors (Lipinski definition) is 7. The van der Waals surface area contributed by atoms with Gasteiger partial charge in [-0.05, 0) is 81.3 Å². The SMILES string of the molecule is COC1=C[C@]23CCCN2CCc2cc4c(cc2[C@@H]3C1OC(=O)C(C)(O)CCCC(C)(C)Br)OCO4. The second-order valence-corrected chi connectivity index (χ2v) is 13.3. The number of ether oxygens (including phenoxy) is 4. The minimum atomic E-state index is -1.58. The number of hydrogen-bond donors (Lipinski definition) is 1. The van der Waals surface area contributed by atoms with Gasteiger partial charge in [-0.2, -0.15) is 0 Å². The quantitative estimate of drug-likeness (QED) is 0.398. The molecule has 0 aromatic heterocycles. The Balaban J connectivity index is 1.47. The van der Waals surface area contributed by atoms with Gasteiger partial charge in [-0.3, -0.25) is 4.90 Å². The Morgan fingerprint density at radius 3 is 2.69 bits per heavy atom. The molecule has 35 heavy (non-hydrogen) atoms. The standard InChI is InChI=1S/C27H36BrNO6/c1-25(2,28)8-5-9-26(3,31)24(30)35-23-21(32-4)15-27-10-6-11-29(27)12-7-17-13-19-20(34-16-33-19)14-18(17)22(23)27/h13-15,22-23,31H,5-12,16H2,1-4H3/t22-,23?,26?,27+/m1/s1. The largest absolute Gasteiger partial charge is 0.497 e. The minimum absolute atomic E-state index is 0.0428. The van der Waals surface area contributed by atoms with Crippen LogP contribution in [-0.4, -0.2) is 64.5 Å². The number of carbonyl (C=O) groups is 1. The lowest BCUT2D eigenvalue weighted by molar-refractivity contribution is -0.171. The molecule has 4 aliphatic rings. The molecule has 0 amide bonds. The van der Waals surface area contributed by atoms with E-state index < -0.39 is 17.7 Å². The maximum absolute atomic E-state index is 13.4. The van der Waals surface area contributed by atoms with Crippen molar-refractivity contribution in [1.29, 1.82) is 0 Å². The van der Waals surface area contributed by atoms with Crippen molar-refractivity contribution in [1.82, 2.24) is 4.90 Å². The van der Waals surface area contributed by atoms with E-state index in [2.05, 4.69) is 52.9 Å². The predicted molar refractivity (Wildman–Crippen MR) is 135 cm³/mol. The Labute approximate surface area is 215 Å². The van der Waals surface area contributed by atoms with E-state index in [0.717, 1.165) is 55.8 Å². The van der Waals surface area contributed by atoms with Crippen LogP contribution in [-0.2, 0) is 20.7 Å². The zero-order valence-electron chi connectivity index (χ0n) is 21.1. The molecule has 5 rings (SSSR count). The molecule has 3 aliphatic heterocycles. The Morgan fingerprint density at radius 1 is 1.23 bits per heavy atom. The lowest BCUT2D eigenvalue weighted by atomic mass is 9.77. The molecule has 192 valence electrons. The van der Waals surface area contributed by atoms with Gasteiger partial charge in [0.25, 0.3) is 0 Å². The van der Waals surface area contributed by atoms with Crippen molar-refractivity contribution in [2.45, 2.75) is 86.8 Å². The van der Waals surface area contributed by atoms with Crippen LogP contribution in [0.25, 0.3) is 0 Å². The first-order chi connectivity index (χ1) is 16.5. The summed E-state index contributed by atoms with van der Waals surface area (Å²) in [5.74, 6) is 1.40. The van der Waals surface area contributed by atoms with E-state index >= 15 is 0 Å². The minimum Gasteiger partial charge on any atom is -0.497 e. The Morgan fingerprint density at radius 2 is 1.97 bits per heavy atom. The van der Waals surface area contributed by atoms with Gasteiger partial charge in [-0.15, -0.1) is 0 Å². The van der Waals surface area contributed by atoms with Crippen molar-refractivity contribution in [3.63, 3.8) is 0 Å². The number of esters is 1. The molecule has 1 aromatic carbocycles. The summed E-state index contributed by atoms with van der Waals surface area (Å²) in [6, 6.07) is 4.14. The monoisotopic (exact) mass is 549 g/mol. The number of methoxy groups -OCH3 is 1. The molecule has 1 N–H and O–H groups in total. The zero-order valence-corrected chi connectivity index (χ0v) is 22.7. The smallest absolute Gasteiger partial charge is 0.338 e. The van der Waals surface area contributed by atoms with Gasteiger partial charge in [-0.1, -0.05) is 29.8 Å². The lowest BCUT2D eigenvalue weighted by Gasteiger charge is -2.39. The topological polar surface area (TPSA) is 77.5 Å². The molecule has 1 fully saturated rings. The summed E-state index contributed by atoms with van der Waals surface area (Å²) in [5, 5.41) is 11.1. The average Bonchev–Trinajstić information content (AvgIpc) is 3.46. The van der Waals surface area contributed by atoms with Crippen LogP contribution >= 0.6 is 15.9 Å². The molecule has 7 nitrogen and oxygen atoms in total. The molecular weight excluding hydrogens is 514 g/mol. The van der Waals surface area contributed by atoms with Gasteiger partial charge in [0.2, 0.25) is 6.79 Å². The molecule has 4 atom stereocenters. The van der Waals surface area contributed by atoms with E-state index in [4.69, 9.17) is 18.9 Å². The van der Waals surface area contributed by atoms with Crippen LogP contribution in [0.2, 0.25) is 0 Å². The first kappa shape index (κ1) is 24.9. The van der Waals surface area contributed by atoms with Crippen molar-refractivity contribution < 1.29 is 28.8 Å². The third-order valence-corrected chi connectivity index (χ3v) is 8.47. The molecular formula is C27H36BrNO6. The normalized spacial score (nSPS) is 28.9. The Kier molecular flexibility index (Phi) is 6.38. The molecule has 0 saturated carbocycles. The molecule has 1 spiro atoms. The van der Waals surface area contributed by atoms with Crippen LogP contribution in [0.1, 0.15) is 69.9 Å². The second kappa shape index (κ2) is 8.96. The van der Waals surface area contributed by atoms with E-state index in [1.807, 2.05) is 0 Å². The van der Waals surface area contributed by atoms with Gasteiger partial charge in [0, 0.05) is 10.9 Å². The lowest BCUT2D eigenvalue weighted by Crippen LogP contribution is -2.48. The highest BCUT2D eigenvalue weighted by Gasteiger charge is 2.58. The van der Waals surface area contributed by atoms with Crippen LogP contribution < -0.4 is 9.47 Å². The fraction of sp³-hybridized carbons (Fsp3) is 0.667. The number of aliphatic hydroxyl groups is 1. The molecule has 2 unspecified atom stereocenters. The number of rotatable bonds is 7. The third kappa shape index (κ3) is 4.46. The zero-order chi connectivity index (χ0) is 25.0.